The van der Waals surface area contributed by atoms with E-state index in [4.69, 9.17) is 14.5 Å². The fraction of sp³-hybridized carbons (Fsp3) is 0.312. The second-order valence-electron chi connectivity index (χ2n) is 16.1. The Hall–Kier alpha value is -6.61. The zero-order chi connectivity index (χ0) is 42.6. The van der Waals surface area contributed by atoms with Crippen LogP contribution >= 0.6 is 0 Å². The molecule has 4 unspecified atom stereocenters. The molecule has 14 heteroatoms. The smallest absolute Gasteiger partial charge is 0.318 e. The summed E-state index contributed by atoms with van der Waals surface area (Å²) in [6.07, 6.45) is 4.67. The van der Waals surface area contributed by atoms with Crippen molar-refractivity contribution in [2.75, 3.05) is 60.1 Å². The minimum Gasteiger partial charge on any atom is -0.378 e. The number of likely N-dealkylation sites (tertiary alicyclic amines) is 1. The van der Waals surface area contributed by atoms with Crippen molar-refractivity contribution in [3.05, 3.63) is 144 Å². The second-order valence-corrected chi connectivity index (χ2v) is 16.1. The van der Waals surface area contributed by atoms with E-state index in [1.807, 2.05) is 103 Å². The number of hydrogen-bond donors (Lipinski definition) is 3. The molecule has 0 radical (unpaired) electrons. The lowest BCUT2D eigenvalue weighted by Crippen LogP contribution is -2.50. The summed E-state index contributed by atoms with van der Waals surface area (Å²) >= 11 is 0. The van der Waals surface area contributed by atoms with Crippen LogP contribution in [0.5, 0.6) is 0 Å². The number of aromatic amines is 2. The van der Waals surface area contributed by atoms with Crippen molar-refractivity contribution in [3.63, 3.8) is 0 Å². The molecule has 3 aliphatic heterocycles. The van der Waals surface area contributed by atoms with Gasteiger partial charge in [-0.2, -0.15) is 0 Å². The minimum absolute atomic E-state index is 0.0896. The van der Waals surface area contributed by atoms with E-state index in [0.29, 0.717) is 57.4 Å². The minimum atomic E-state index is -0.898. The second kappa shape index (κ2) is 18.2. The summed E-state index contributed by atoms with van der Waals surface area (Å²) in [5.41, 5.74) is 7.44. The van der Waals surface area contributed by atoms with Crippen molar-refractivity contribution in [1.29, 1.82) is 0 Å². The molecule has 3 N–H and O–H groups in total. The Labute approximate surface area is 360 Å². The van der Waals surface area contributed by atoms with E-state index in [-0.39, 0.29) is 29.9 Å². The van der Waals surface area contributed by atoms with E-state index >= 15 is 0 Å². The Morgan fingerprint density at radius 1 is 0.661 bits per heavy atom. The van der Waals surface area contributed by atoms with Gasteiger partial charge in [-0.3, -0.25) is 14.5 Å². The third-order valence-electron chi connectivity index (χ3n) is 12.0. The van der Waals surface area contributed by atoms with Crippen LogP contribution < -0.4 is 5.32 Å². The quantitative estimate of drug-likeness (QED) is 0.130. The van der Waals surface area contributed by atoms with Gasteiger partial charge < -0.3 is 39.5 Å². The van der Waals surface area contributed by atoms with Crippen LogP contribution in [0.15, 0.2) is 122 Å². The number of nitrogens with zero attached hydrogens (tertiary/aromatic N) is 6. The summed E-state index contributed by atoms with van der Waals surface area (Å²) in [6.45, 7) is 3.26. The van der Waals surface area contributed by atoms with Crippen molar-refractivity contribution >= 4 is 17.8 Å². The third-order valence-corrected chi connectivity index (χ3v) is 12.0. The molecule has 5 heterocycles. The largest absolute Gasteiger partial charge is 0.378 e. The van der Waals surface area contributed by atoms with E-state index < -0.39 is 12.3 Å². The van der Waals surface area contributed by atoms with Crippen LogP contribution in [0.25, 0.3) is 33.6 Å². The number of hydrogen-bond acceptors (Lipinski definition) is 8. The van der Waals surface area contributed by atoms with E-state index in [9.17, 15) is 14.4 Å². The summed E-state index contributed by atoms with van der Waals surface area (Å²) in [4.78, 5) is 65.0. The molecule has 0 bridgehead atoms. The molecule has 3 saturated heterocycles. The van der Waals surface area contributed by atoms with E-state index in [1.54, 1.807) is 16.0 Å². The fourth-order valence-electron chi connectivity index (χ4n) is 8.72. The Bertz CT molecular complexity index is 2470. The van der Waals surface area contributed by atoms with Crippen molar-refractivity contribution in [1.82, 2.24) is 44.9 Å². The number of ether oxygens (including phenoxy) is 2. The molecule has 62 heavy (non-hydrogen) atoms. The van der Waals surface area contributed by atoms with Gasteiger partial charge in [-0.05, 0) is 60.3 Å². The zero-order valence-electron chi connectivity index (χ0n) is 34.9. The van der Waals surface area contributed by atoms with Crippen LogP contribution in [0.2, 0.25) is 0 Å². The number of H-pyrrole nitrogens is 2. The summed E-state index contributed by atoms with van der Waals surface area (Å²) in [6, 6.07) is 34.2. The number of amides is 4. The Balaban J connectivity index is 0.855. The lowest BCUT2D eigenvalue weighted by molar-refractivity contribution is -0.139. The maximum Gasteiger partial charge on any atom is 0.318 e. The molecular formula is C48H51N9O5. The number of imidazole rings is 2. The monoisotopic (exact) mass is 833 g/mol. The van der Waals surface area contributed by atoms with Crippen molar-refractivity contribution < 1.29 is 23.9 Å². The summed E-state index contributed by atoms with van der Waals surface area (Å²) in [7, 11) is 3.90. The molecular weight excluding hydrogens is 783 g/mol. The predicted molar refractivity (Wildman–Crippen MR) is 234 cm³/mol. The van der Waals surface area contributed by atoms with Gasteiger partial charge in [0.05, 0.1) is 49.6 Å². The number of aromatic nitrogens is 4. The number of carbonyl (C=O) groups excluding carboxylic acids is 3. The highest BCUT2D eigenvalue weighted by Crippen LogP contribution is 2.36. The van der Waals surface area contributed by atoms with Crippen LogP contribution in [0.1, 0.15) is 60.0 Å². The van der Waals surface area contributed by atoms with Gasteiger partial charge in [-0.25, -0.2) is 14.8 Å². The number of carbonyl (C=O) groups is 3. The summed E-state index contributed by atoms with van der Waals surface area (Å²) in [5.74, 6) is 1.13. The molecule has 0 spiro atoms. The standard InChI is InChI=1S/C48H51N9O5/c1-54(2)42(37-12-7-4-8-13-37)46(59)56-23-9-14-40(56)43-49-30-38(51-43)34-19-15-32(16-20-34)33-17-21-35(22-18-33)39-31-50-44(52-39)47-57(26-29-62-47)45(58)41(36-10-5-3-6-11-36)53-48(60)55-24-27-61-28-25-55/h3-8,10-13,15-22,30-31,40-42,47H,9,14,23-29H2,1-2H3,(H,49,51)(H,50,52)(H,53,60). The predicted octanol–water partition coefficient (Wildman–Crippen LogP) is 6.74. The molecule has 4 atom stereocenters. The Kier molecular flexibility index (Phi) is 11.9. The molecule has 3 fully saturated rings. The van der Waals surface area contributed by atoms with Gasteiger partial charge in [0.25, 0.3) is 5.91 Å². The number of benzene rings is 4. The van der Waals surface area contributed by atoms with Gasteiger partial charge in [0.2, 0.25) is 5.91 Å². The maximum atomic E-state index is 14.2. The van der Waals surface area contributed by atoms with Gasteiger partial charge in [0, 0.05) is 26.2 Å². The molecule has 4 aromatic carbocycles. The van der Waals surface area contributed by atoms with Crippen LogP contribution in [-0.2, 0) is 19.1 Å². The van der Waals surface area contributed by atoms with Crippen molar-refractivity contribution in [2.24, 2.45) is 0 Å². The highest BCUT2D eigenvalue weighted by Gasteiger charge is 2.39. The first-order valence-corrected chi connectivity index (χ1v) is 21.3. The molecule has 0 saturated carbocycles. The molecule has 2 aromatic heterocycles. The molecule has 4 amide bonds. The average molecular weight is 834 g/mol. The Morgan fingerprint density at radius 3 is 1.84 bits per heavy atom. The summed E-state index contributed by atoms with van der Waals surface area (Å²) < 4.78 is 11.5. The molecule has 9 rings (SSSR count). The topological polar surface area (TPSA) is 152 Å². The van der Waals surface area contributed by atoms with Gasteiger partial charge >= 0.3 is 6.03 Å². The molecule has 14 nitrogen and oxygen atoms in total. The summed E-state index contributed by atoms with van der Waals surface area (Å²) in [5, 5.41) is 2.98. The van der Waals surface area contributed by atoms with Gasteiger partial charge in [0.1, 0.15) is 17.9 Å². The van der Waals surface area contributed by atoms with Crippen molar-refractivity contribution in [3.8, 4) is 33.6 Å². The molecule has 3 aliphatic rings. The highest BCUT2D eigenvalue weighted by atomic mass is 16.5. The van der Waals surface area contributed by atoms with Gasteiger partial charge in [0.15, 0.2) is 12.1 Å². The van der Waals surface area contributed by atoms with E-state index in [1.165, 1.54) is 0 Å². The highest BCUT2D eigenvalue weighted by molar-refractivity contribution is 5.88. The number of urea groups is 1. The van der Waals surface area contributed by atoms with Crippen LogP contribution in [0.3, 0.4) is 0 Å². The number of nitrogens with one attached hydrogen (secondary N) is 3. The van der Waals surface area contributed by atoms with Gasteiger partial charge in [-0.1, -0.05) is 109 Å². The third kappa shape index (κ3) is 8.49. The number of rotatable bonds is 11. The van der Waals surface area contributed by atoms with Gasteiger partial charge in [-0.15, -0.1) is 0 Å². The zero-order valence-corrected chi connectivity index (χ0v) is 34.9. The van der Waals surface area contributed by atoms with Crippen LogP contribution in [-0.4, -0.2) is 117 Å². The first-order valence-electron chi connectivity index (χ1n) is 21.3. The molecule has 6 aromatic rings. The van der Waals surface area contributed by atoms with Crippen LogP contribution in [0.4, 0.5) is 4.79 Å². The fourth-order valence-corrected chi connectivity index (χ4v) is 8.72. The van der Waals surface area contributed by atoms with E-state index in [2.05, 4.69) is 56.7 Å². The first-order chi connectivity index (χ1) is 30.3. The van der Waals surface area contributed by atoms with Crippen LogP contribution in [0, 0.1) is 0 Å². The van der Waals surface area contributed by atoms with E-state index in [0.717, 1.165) is 57.9 Å². The average Bonchev–Trinajstić information content (AvgIpc) is 4.17. The molecule has 0 aliphatic carbocycles. The maximum absolute atomic E-state index is 14.2. The number of morpholine rings is 1. The molecule has 318 valence electrons. The Morgan fingerprint density at radius 2 is 1.23 bits per heavy atom. The first kappa shape index (κ1) is 40.8. The lowest BCUT2D eigenvalue weighted by atomic mass is 10.0. The number of likely N-dealkylation sites (N-methyl/N-ethyl adjacent to an activating group) is 1. The SMILES string of the molecule is CN(C)C(C(=O)N1CCCC1c1ncc(-c2ccc(-c3ccc(-c4cnc(C5OCCN5C(=O)C(NC(=O)N5CCOCC5)c5ccccc5)[nH]4)cc3)cc2)[nH]1)c1ccccc1. The van der Waals surface area contributed by atoms with Crippen molar-refractivity contribution in [2.45, 2.75) is 37.2 Å². The lowest BCUT2D eigenvalue weighted by Gasteiger charge is -2.31. The normalized spacial score (nSPS) is 18.9.